The second kappa shape index (κ2) is 6.71. The van der Waals surface area contributed by atoms with Crippen LogP contribution in [0.1, 0.15) is 37.7 Å². The van der Waals surface area contributed by atoms with Gasteiger partial charge < -0.3 is 15.5 Å². The van der Waals surface area contributed by atoms with E-state index in [1.807, 2.05) is 12.3 Å². The summed E-state index contributed by atoms with van der Waals surface area (Å²) in [4.78, 5) is 9.79. The normalized spacial score (nSPS) is 21.4. The van der Waals surface area contributed by atoms with Gasteiger partial charge in [0, 0.05) is 30.9 Å². The van der Waals surface area contributed by atoms with Gasteiger partial charge in [-0.25, -0.2) is 0 Å². The van der Waals surface area contributed by atoms with Crippen LogP contribution in [0.25, 0.3) is 0 Å². The van der Waals surface area contributed by atoms with E-state index in [1.165, 1.54) is 45.2 Å². The molecule has 114 valence electrons. The van der Waals surface area contributed by atoms with Crippen LogP contribution >= 0.6 is 12.2 Å². The quantitative estimate of drug-likeness (QED) is 0.867. The van der Waals surface area contributed by atoms with Crippen molar-refractivity contribution in [1.29, 1.82) is 0 Å². The summed E-state index contributed by atoms with van der Waals surface area (Å²) in [5.41, 5.74) is 7.89. The highest BCUT2D eigenvalue weighted by Crippen LogP contribution is 2.26. The van der Waals surface area contributed by atoms with Gasteiger partial charge in [-0.2, -0.15) is 0 Å². The molecule has 4 nitrogen and oxygen atoms in total. The molecule has 0 spiro atoms. The summed E-state index contributed by atoms with van der Waals surface area (Å²) < 4.78 is 0. The molecule has 0 atom stereocenters. The third kappa shape index (κ3) is 3.35. The van der Waals surface area contributed by atoms with Crippen LogP contribution in [-0.2, 0) is 0 Å². The molecule has 2 aliphatic rings. The number of thiocarbonyl (C=S) groups is 1. The molecule has 0 unspecified atom stereocenters. The van der Waals surface area contributed by atoms with Crippen molar-refractivity contribution in [3.63, 3.8) is 0 Å². The van der Waals surface area contributed by atoms with E-state index < -0.39 is 0 Å². The Morgan fingerprint density at radius 3 is 2.52 bits per heavy atom. The van der Waals surface area contributed by atoms with E-state index >= 15 is 0 Å². The molecule has 21 heavy (non-hydrogen) atoms. The predicted octanol–water partition coefficient (Wildman–Crippen LogP) is 2.17. The van der Waals surface area contributed by atoms with Crippen molar-refractivity contribution in [2.45, 2.75) is 38.1 Å². The molecule has 0 saturated carbocycles. The molecule has 0 aromatic carbocycles. The highest BCUT2D eigenvalue weighted by atomic mass is 32.1. The Morgan fingerprint density at radius 2 is 1.86 bits per heavy atom. The second-order valence-electron chi connectivity index (χ2n) is 6.07. The first kappa shape index (κ1) is 14.7. The van der Waals surface area contributed by atoms with Gasteiger partial charge in [-0.1, -0.05) is 18.6 Å². The number of anilines is 1. The van der Waals surface area contributed by atoms with Crippen LogP contribution in [0.5, 0.6) is 0 Å². The van der Waals surface area contributed by atoms with E-state index in [9.17, 15) is 0 Å². The number of nitrogens with two attached hydrogens (primary N) is 1. The molecule has 0 radical (unpaired) electrons. The molecular formula is C16H24N4S. The van der Waals surface area contributed by atoms with Crippen LogP contribution in [0.15, 0.2) is 18.5 Å². The fourth-order valence-corrected chi connectivity index (χ4v) is 3.77. The fraction of sp³-hybridized carbons (Fsp3) is 0.625. The first-order valence-electron chi connectivity index (χ1n) is 7.98. The molecule has 3 rings (SSSR count). The molecule has 2 saturated heterocycles. The molecule has 2 N–H and O–H groups in total. The summed E-state index contributed by atoms with van der Waals surface area (Å²) in [6.45, 7) is 4.72. The van der Waals surface area contributed by atoms with Gasteiger partial charge in [0.05, 0.1) is 11.9 Å². The van der Waals surface area contributed by atoms with Crippen LogP contribution < -0.4 is 10.6 Å². The molecule has 2 aliphatic heterocycles. The maximum Gasteiger partial charge on any atom is 0.106 e. The number of hydrogen-bond acceptors (Lipinski definition) is 4. The van der Waals surface area contributed by atoms with E-state index in [-0.39, 0.29) is 0 Å². The van der Waals surface area contributed by atoms with Gasteiger partial charge in [-0.15, -0.1) is 0 Å². The van der Waals surface area contributed by atoms with Crippen molar-refractivity contribution >= 4 is 22.9 Å². The Kier molecular flexibility index (Phi) is 4.70. The Morgan fingerprint density at radius 1 is 1.14 bits per heavy atom. The van der Waals surface area contributed by atoms with Gasteiger partial charge >= 0.3 is 0 Å². The average Bonchev–Trinajstić information content (AvgIpc) is 2.56. The average molecular weight is 304 g/mol. The summed E-state index contributed by atoms with van der Waals surface area (Å²) in [6, 6.07) is 2.68. The highest BCUT2D eigenvalue weighted by Gasteiger charge is 2.26. The number of likely N-dealkylation sites (tertiary alicyclic amines) is 1. The Balaban J connectivity index is 1.64. The zero-order valence-electron chi connectivity index (χ0n) is 12.5. The Hall–Kier alpha value is -1.20. The number of piperidine rings is 2. The highest BCUT2D eigenvalue weighted by molar-refractivity contribution is 7.80. The number of rotatable bonds is 3. The second-order valence-corrected chi connectivity index (χ2v) is 6.51. The topological polar surface area (TPSA) is 45.4 Å². The van der Waals surface area contributed by atoms with E-state index in [0.29, 0.717) is 4.99 Å². The SMILES string of the molecule is NC(=S)c1ccncc1N1CCC(N2CCCCC2)CC1. The van der Waals surface area contributed by atoms with Gasteiger partial charge in [0.15, 0.2) is 0 Å². The van der Waals surface area contributed by atoms with E-state index in [0.717, 1.165) is 30.4 Å². The summed E-state index contributed by atoms with van der Waals surface area (Å²) in [5.74, 6) is 0. The Labute approximate surface area is 132 Å². The lowest BCUT2D eigenvalue weighted by Crippen LogP contribution is -2.47. The lowest BCUT2D eigenvalue weighted by molar-refractivity contribution is 0.141. The van der Waals surface area contributed by atoms with Crippen molar-refractivity contribution in [3.8, 4) is 0 Å². The minimum atomic E-state index is 0.463. The van der Waals surface area contributed by atoms with Crippen LogP contribution in [0.3, 0.4) is 0 Å². The molecule has 0 amide bonds. The fourth-order valence-electron chi connectivity index (χ4n) is 3.60. The summed E-state index contributed by atoms with van der Waals surface area (Å²) in [7, 11) is 0. The lowest BCUT2D eigenvalue weighted by atomic mass is 9.99. The molecule has 0 aliphatic carbocycles. The number of hydrogen-bond donors (Lipinski definition) is 1. The molecule has 1 aromatic rings. The number of nitrogens with zero attached hydrogens (tertiary/aromatic N) is 3. The van der Waals surface area contributed by atoms with Crippen LogP contribution in [0.4, 0.5) is 5.69 Å². The predicted molar refractivity (Wildman–Crippen MR) is 90.8 cm³/mol. The van der Waals surface area contributed by atoms with Crippen molar-refractivity contribution in [2.24, 2.45) is 5.73 Å². The minimum Gasteiger partial charge on any atom is -0.389 e. The van der Waals surface area contributed by atoms with E-state index in [4.69, 9.17) is 18.0 Å². The van der Waals surface area contributed by atoms with Crippen molar-refractivity contribution in [3.05, 3.63) is 24.0 Å². The van der Waals surface area contributed by atoms with E-state index in [1.54, 1.807) is 6.20 Å². The van der Waals surface area contributed by atoms with Crippen LogP contribution in [0.2, 0.25) is 0 Å². The maximum absolute atomic E-state index is 5.83. The van der Waals surface area contributed by atoms with E-state index in [2.05, 4.69) is 14.8 Å². The largest absolute Gasteiger partial charge is 0.389 e. The zero-order chi connectivity index (χ0) is 14.7. The third-order valence-corrected chi connectivity index (χ3v) is 5.00. The molecule has 2 fully saturated rings. The first-order valence-corrected chi connectivity index (χ1v) is 8.39. The number of pyridine rings is 1. The molecule has 3 heterocycles. The third-order valence-electron chi connectivity index (χ3n) is 4.78. The molecule has 0 bridgehead atoms. The van der Waals surface area contributed by atoms with Crippen LogP contribution in [0, 0.1) is 0 Å². The van der Waals surface area contributed by atoms with Gasteiger partial charge in [0.2, 0.25) is 0 Å². The molecule has 1 aromatic heterocycles. The minimum absolute atomic E-state index is 0.463. The first-order chi connectivity index (χ1) is 10.3. The maximum atomic E-state index is 5.83. The van der Waals surface area contributed by atoms with Crippen LogP contribution in [-0.4, -0.2) is 47.1 Å². The van der Waals surface area contributed by atoms with Gasteiger partial charge in [-0.3, -0.25) is 4.98 Å². The Bertz CT molecular complexity index is 491. The van der Waals surface area contributed by atoms with Crippen molar-refractivity contribution in [1.82, 2.24) is 9.88 Å². The van der Waals surface area contributed by atoms with Crippen molar-refractivity contribution < 1.29 is 0 Å². The monoisotopic (exact) mass is 304 g/mol. The summed E-state index contributed by atoms with van der Waals surface area (Å²) in [6.07, 6.45) is 10.3. The lowest BCUT2D eigenvalue weighted by Gasteiger charge is -2.41. The van der Waals surface area contributed by atoms with Gasteiger partial charge in [0.25, 0.3) is 0 Å². The number of aromatic nitrogens is 1. The molecular weight excluding hydrogens is 280 g/mol. The smallest absolute Gasteiger partial charge is 0.106 e. The summed E-state index contributed by atoms with van der Waals surface area (Å²) in [5, 5.41) is 0. The molecule has 5 heteroatoms. The van der Waals surface area contributed by atoms with Gasteiger partial charge in [-0.05, 0) is 44.8 Å². The zero-order valence-corrected chi connectivity index (χ0v) is 13.3. The van der Waals surface area contributed by atoms with Crippen molar-refractivity contribution in [2.75, 3.05) is 31.1 Å². The standard InChI is InChI=1S/C16H24N4S/c17-16(21)14-4-7-18-12-15(14)20-10-5-13(6-11-20)19-8-2-1-3-9-19/h4,7,12-13H,1-3,5-6,8-11H2,(H2,17,21). The van der Waals surface area contributed by atoms with Gasteiger partial charge in [0.1, 0.15) is 4.99 Å². The summed E-state index contributed by atoms with van der Waals surface area (Å²) >= 11 is 5.16.